The topological polar surface area (TPSA) is 15.3 Å². The lowest BCUT2D eigenvalue weighted by Gasteiger charge is -2.25. The molecule has 0 amide bonds. The van der Waals surface area contributed by atoms with Gasteiger partial charge in [0.1, 0.15) is 0 Å². The summed E-state index contributed by atoms with van der Waals surface area (Å²) in [5.41, 5.74) is 1.35. The Balaban J connectivity index is 1.54. The molecule has 110 valence electrons. The van der Waals surface area contributed by atoms with Gasteiger partial charge in [0.2, 0.25) is 0 Å². The summed E-state index contributed by atoms with van der Waals surface area (Å²) in [4.78, 5) is 2.73. The maximum absolute atomic E-state index is 5.97. The third kappa shape index (κ3) is 3.97. The zero-order valence-electron chi connectivity index (χ0n) is 12.3. The van der Waals surface area contributed by atoms with Crippen LogP contribution in [-0.4, -0.2) is 31.1 Å². The average Bonchev–Trinajstić information content (AvgIpc) is 3.33. The maximum atomic E-state index is 5.97. The van der Waals surface area contributed by atoms with Crippen LogP contribution < -0.4 is 5.32 Å². The molecule has 2 aliphatic carbocycles. The van der Waals surface area contributed by atoms with E-state index in [2.05, 4.69) is 29.4 Å². The largest absolute Gasteiger partial charge is 0.313 e. The minimum absolute atomic E-state index is 0.438. The molecule has 0 saturated heterocycles. The van der Waals surface area contributed by atoms with Gasteiger partial charge in [-0.2, -0.15) is 0 Å². The van der Waals surface area contributed by atoms with Crippen LogP contribution in [0.15, 0.2) is 24.3 Å². The highest BCUT2D eigenvalue weighted by Crippen LogP contribution is 2.35. The van der Waals surface area contributed by atoms with Crippen LogP contribution in [0.2, 0.25) is 5.02 Å². The number of halogens is 1. The van der Waals surface area contributed by atoms with E-state index in [1.807, 2.05) is 12.1 Å². The quantitative estimate of drug-likeness (QED) is 0.782. The molecule has 20 heavy (non-hydrogen) atoms. The molecule has 2 saturated carbocycles. The van der Waals surface area contributed by atoms with Crippen LogP contribution in [0.25, 0.3) is 0 Å². The molecule has 2 fully saturated rings. The summed E-state index contributed by atoms with van der Waals surface area (Å²) in [5, 5.41) is 4.27. The third-order valence-electron chi connectivity index (χ3n) is 4.58. The van der Waals surface area contributed by atoms with E-state index in [1.165, 1.54) is 50.8 Å². The predicted molar refractivity (Wildman–Crippen MR) is 85.2 cm³/mol. The molecule has 1 atom stereocenters. The van der Waals surface area contributed by atoms with E-state index in [0.29, 0.717) is 6.04 Å². The van der Waals surface area contributed by atoms with Crippen molar-refractivity contribution in [3.8, 4) is 0 Å². The standard InChI is InChI=1S/C17H25ClN2/c1-19-17(14-4-6-15(18)7-5-14)10-11-20(16-8-9-16)12-13-2-3-13/h4-7,13,16-17,19H,2-3,8-12H2,1H3. The molecule has 0 heterocycles. The lowest BCUT2D eigenvalue weighted by atomic mass is 10.0. The van der Waals surface area contributed by atoms with E-state index < -0.39 is 0 Å². The Kier molecular flexibility index (Phi) is 4.65. The first-order valence-electron chi connectivity index (χ1n) is 7.93. The number of hydrogen-bond donors (Lipinski definition) is 1. The summed E-state index contributed by atoms with van der Waals surface area (Å²) in [6, 6.07) is 9.59. The highest BCUT2D eigenvalue weighted by atomic mass is 35.5. The molecule has 2 nitrogen and oxygen atoms in total. The van der Waals surface area contributed by atoms with E-state index in [9.17, 15) is 0 Å². The number of nitrogens with one attached hydrogen (secondary N) is 1. The predicted octanol–water partition coefficient (Wildman–Crippen LogP) is 3.87. The van der Waals surface area contributed by atoms with Crippen LogP contribution in [0.3, 0.4) is 0 Å². The molecule has 1 aromatic carbocycles. The van der Waals surface area contributed by atoms with Gasteiger partial charge in [-0.3, -0.25) is 0 Å². The molecule has 1 aromatic rings. The average molecular weight is 293 g/mol. The SMILES string of the molecule is CNC(CCN(CC1CC1)C1CC1)c1ccc(Cl)cc1. The van der Waals surface area contributed by atoms with Gasteiger partial charge in [0, 0.05) is 30.2 Å². The van der Waals surface area contributed by atoms with E-state index in [0.717, 1.165) is 17.0 Å². The van der Waals surface area contributed by atoms with Gasteiger partial charge in [0.05, 0.1) is 0 Å². The first-order chi connectivity index (χ1) is 9.76. The molecule has 0 aromatic heterocycles. The molecule has 2 aliphatic rings. The number of hydrogen-bond acceptors (Lipinski definition) is 2. The highest BCUT2D eigenvalue weighted by Gasteiger charge is 2.33. The zero-order valence-corrected chi connectivity index (χ0v) is 13.1. The van der Waals surface area contributed by atoms with E-state index in [4.69, 9.17) is 11.6 Å². The summed E-state index contributed by atoms with van der Waals surface area (Å²) >= 11 is 5.97. The molecule has 0 aliphatic heterocycles. The fourth-order valence-corrected chi connectivity index (χ4v) is 3.09. The smallest absolute Gasteiger partial charge is 0.0406 e. The Bertz CT molecular complexity index is 423. The second-order valence-corrected chi connectivity index (χ2v) is 6.79. The van der Waals surface area contributed by atoms with Crippen LogP contribution in [-0.2, 0) is 0 Å². The first kappa shape index (κ1) is 14.4. The van der Waals surface area contributed by atoms with Gasteiger partial charge in [-0.05, 0) is 62.8 Å². The Morgan fingerprint density at radius 1 is 1.20 bits per heavy atom. The van der Waals surface area contributed by atoms with Crippen LogP contribution in [0, 0.1) is 5.92 Å². The minimum Gasteiger partial charge on any atom is -0.313 e. The summed E-state index contributed by atoms with van der Waals surface area (Å²) in [6.07, 6.45) is 6.92. The van der Waals surface area contributed by atoms with Crippen molar-refractivity contribution in [3.05, 3.63) is 34.9 Å². The van der Waals surface area contributed by atoms with Gasteiger partial charge in [0.25, 0.3) is 0 Å². The van der Waals surface area contributed by atoms with Gasteiger partial charge in [-0.1, -0.05) is 23.7 Å². The lowest BCUT2D eigenvalue weighted by Crippen LogP contribution is -2.32. The number of benzene rings is 1. The van der Waals surface area contributed by atoms with Crippen molar-refractivity contribution in [1.82, 2.24) is 10.2 Å². The van der Waals surface area contributed by atoms with Gasteiger partial charge in [-0.25, -0.2) is 0 Å². The molecule has 3 heteroatoms. The van der Waals surface area contributed by atoms with Gasteiger partial charge in [0.15, 0.2) is 0 Å². The second-order valence-electron chi connectivity index (χ2n) is 6.35. The van der Waals surface area contributed by atoms with Crippen LogP contribution >= 0.6 is 11.6 Å². The van der Waals surface area contributed by atoms with Crippen molar-refractivity contribution >= 4 is 11.6 Å². The molecular formula is C17H25ClN2. The zero-order chi connectivity index (χ0) is 13.9. The Hall–Kier alpha value is -0.570. The second kappa shape index (κ2) is 6.46. The minimum atomic E-state index is 0.438. The molecule has 0 spiro atoms. The van der Waals surface area contributed by atoms with E-state index in [1.54, 1.807) is 0 Å². The number of rotatable bonds is 8. The Labute approximate surface area is 127 Å². The molecular weight excluding hydrogens is 268 g/mol. The molecule has 0 bridgehead atoms. The molecule has 0 radical (unpaired) electrons. The monoisotopic (exact) mass is 292 g/mol. The van der Waals surface area contributed by atoms with Crippen molar-refractivity contribution in [2.24, 2.45) is 5.92 Å². The summed E-state index contributed by atoms with van der Waals surface area (Å²) < 4.78 is 0. The third-order valence-corrected chi connectivity index (χ3v) is 4.83. The van der Waals surface area contributed by atoms with Gasteiger partial charge < -0.3 is 10.2 Å². The van der Waals surface area contributed by atoms with Gasteiger partial charge >= 0.3 is 0 Å². The maximum Gasteiger partial charge on any atom is 0.0406 e. The van der Waals surface area contributed by atoms with Crippen LogP contribution in [0.1, 0.15) is 43.7 Å². The van der Waals surface area contributed by atoms with Crippen LogP contribution in [0.5, 0.6) is 0 Å². The molecule has 1 unspecified atom stereocenters. The first-order valence-corrected chi connectivity index (χ1v) is 8.31. The molecule has 3 rings (SSSR count). The summed E-state index contributed by atoms with van der Waals surface area (Å²) in [5.74, 6) is 0.999. The summed E-state index contributed by atoms with van der Waals surface area (Å²) in [6.45, 7) is 2.55. The number of nitrogens with zero attached hydrogens (tertiary/aromatic N) is 1. The van der Waals surface area contributed by atoms with Crippen molar-refractivity contribution in [1.29, 1.82) is 0 Å². The lowest BCUT2D eigenvalue weighted by molar-refractivity contribution is 0.239. The normalized spacial score (nSPS) is 20.4. The summed E-state index contributed by atoms with van der Waals surface area (Å²) in [7, 11) is 2.06. The highest BCUT2D eigenvalue weighted by molar-refractivity contribution is 6.30. The Morgan fingerprint density at radius 3 is 2.45 bits per heavy atom. The van der Waals surface area contributed by atoms with E-state index >= 15 is 0 Å². The Morgan fingerprint density at radius 2 is 1.90 bits per heavy atom. The van der Waals surface area contributed by atoms with Crippen LogP contribution in [0.4, 0.5) is 0 Å². The fraction of sp³-hybridized carbons (Fsp3) is 0.647. The van der Waals surface area contributed by atoms with Crippen molar-refractivity contribution in [2.75, 3.05) is 20.1 Å². The fourth-order valence-electron chi connectivity index (χ4n) is 2.96. The van der Waals surface area contributed by atoms with Crippen molar-refractivity contribution in [3.63, 3.8) is 0 Å². The van der Waals surface area contributed by atoms with E-state index in [-0.39, 0.29) is 0 Å². The van der Waals surface area contributed by atoms with Crippen molar-refractivity contribution in [2.45, 2.75) is 44.2 Å². The van der Waals surface area contributed by atoms with Crippen molar-refractivity contribution < 1.29 is 0 Å². The molecule has 1 N–H and O–H groups in total. The van der Waals surface area contributed by atoms with Gasteiger partial charge in [-0.15, -0.1) is 0 Å².